The lowest BCUT2D eigenvalue weighted by atomic mass is 10.00. The third-order valence-corrected chi connectivity index (χ3v) is 8.45. The molecule has 0 saturated carbocycles. The van der Waals surface area contributed by atoms with Gasteiger partial charge in [-0.3, -0.25) is 0 Å². The maximum atomic E-state index is 14.6. The van der Waals surface area contributed by atoms with E-state index in [0.29, 0.717) is 19.5 Å². The molecule has 1 unspecified atom stereocenters. The number of piperidine rings is 1. The van der Waals surface area contributed by atoms with Crippen LogP contribution in [0.3, 0.4) is 0 Å². The molecule has 10 heteroatoms. The Morgan fingerprint density at radius 1 is 1.21 bits per heavy atom. The van der Waals surface area contributed by atoms with Gasteiger partial charge in [0.15, 0.2) is 6.29 Å². The van der Waals surface area contributed by atoms with E-state index in [1.807, 2.05) is 47.2 Å². The third kappa shape index (κ3) is 7.39. The van der Waals surface area contributed by atoms with E-state index < -0.39 is 31.0 Å². The number of nitrogens with zero attached hydrogens (tertiary/aromatic N) is 3. The number of benzene rings is 1. The summed E-state index contributed by atoms with van der Waals surface area (Å²) in [7, 11) is 3.67. The molecule has 1 aromatic carbocycles. The molecule has 3 aliphatic rings. The van der Waals surface area contributed by atoms with E-state index in [4.69, 9.17) is 9.47 Å². The molecule has 220 valence electrons. The summed E-state index contributed by atoms with van der Waals surface area (Å²) in [4.78, 5) is 6.29. The molecule has 0 spiro atoms. The Kier molecular flexibility index (Phi) is 10.1. The van der Waals surface area contributed by atoms with Gasteiger partial charge in [-0.15, -0.1) is 0 Å². The number of alkyl halides is 3. The third-order valence-electron chi connectivity index (χ3n) is 8.45. The van der Waals surface area contributed by atoms with Crippen LogP contribution < -0.4 is 10.2 Å². The molecule has 0 amide bonds. The molecule has 3 heterocycles. The molecule has 2 N–H and O–H groups in total. The summed E-state index contributed by atoms with van der Waals surface area (Å²) in [6.45, 7) is 4.93. The highest BCUT2D eigenvalue weighted by Crippen LogP contribution is 2.34. The van der Waals surface area contributed by atoms with E-state index >= 15 is 0 Å². The summed E-state index contributed by atoms with van der Waals surface area (Å²) < 4.78 is 53.1. The van der Waals surface area contributed by atoms with Crippen LogP contribution in [0.1, 0.15) is 64.0 Å². The van der Waals surface area contributed by atoms with Crippen LogP contribution in [0.25, 0.3) is 0 Å². The Labute approximate surface area is 230 Å². The van der Waals surface area contributed by atoms with Crippen LogP contribution >= 0.6 is 0 Å². The molecule has 0 aromatic heterocycles. The molecule has 0 aliphatic carbocycles. The molecule has 2 saturated heterocycles. The van der Waals surface area contributed by atoms with Crippen LogP contribution in [0.4, 0.5) is 18.9 Å². The highest BCUT2D eigenvalue weighted by molar-refractivity contribution is 5.48. The summed E-state index contributed by atoms with van der Waals surface area (Å²) in [5.41, 5.74) is 2.81. The maximum absolute atomic E-state index is 14.6. The van der Waals surface area contributed by atoms with Gasteiger partial charge in [-0.05, 0) is 44.5 Å². The number of rotatable bonds is 11. The molecule has 7 nitrogen and oxygen atoms in total. The zero-order valence-electron chi connectivity index (χ0n) is 23.7. The summed E-state index contributed by atoms with van der Waals surface area (Å²) in [5.74, 6) is -2.58. The topological polar surface area (TPSA) is 60.4 Å². The van der Waals surface area contributed by atoms with Gasteiger partial charge in [-0.1, -0.05) is 19.1 Å². The molecular formula is C29H45F3N4O3. The smallest absolute Gasteiger partial charge is 0.251 e. The van der Waals surface area contributed by atoms with Gasteiger partial charge in [0.05, 0.1) is 18.3 Å². The minimum absolute atomic E-state index is 0.0277. The van der Waals surface area contributed by atoms with E-state index in [0.717, 1.165) is 42.8 Å². The number of aliphatic hydroxyl groups excluding tert-OH is 1. The molecule has 1 aromatic rings. The molecule has 0 bridgehead atoms. The average Bonchev–Trinajstić information content (AvgIpc) is 3.33. The van der Waals surface area contributed by atoms with Crippen molar-refractivity contribution in [2.75, 3.05) is 45.4 Å². The first kappa shape index (κ1) is 30.0. The number of halogens is 3. The Balaban J connectivity index is 1.41. The highest BCUT2D eigenvalue weighted by atomic mass is 19.3. The molecular weight excluding hydrogens is 509 g/mol. The molecule has 0 radical (unpaired) electrons. The van der Waals surface area contributed by atoms with Crippen LogP contribution in [-0.2, 0) is 9.47 Å². The van der Waals surface area contributed by atoms with Crippen molar-refractivity contribution in [2.24, 2.45) is 0 Å². The number of ether oxygens (including phenoxy) is 2. The number of anilines is 1. The first-order valence-corrected chi connectivity index (χ1v) is 14.2. The Bertz CT molecular complexity index is 930. The second-order valence-corrected chi connectivity index (χ2v) is 11.2. The largest absolute Gasteiger partial charge is 0.374 e. The fourth-order valence-electron chi connectivity index (χ4n) is 6.10. The van der Waals surface area contributed by atoms with Crippen LogP contribution in [-0.4, -0.2) is 91.9 Å². The standard InChI is InChI=1S/C29H45F3N4O3/c1-5-26-33-22(10-13-34(3)24-16-20(2)39-27(37)17-24)19-36(26)25(18-30)28(38-4)21-6-8-23(9-7-21)35-14-11-29(31,32)12-15-35/h6-9,19-20,24-28,33,37H,5,10-18H2,1-4H3/t20-,24+,25-,26?,27-,28-/m1/s1. The number of hydrogen-bond acceptors (Lipinski definition) is 7. The lowest BCUT2D eigenvalue weighted by Gasteiger charge is -2.37. The van der Waals surface area contributed by atoms with Crippen LogP contribution in [0.15, 0.2) is 36.2 Å². The van der Waals surface area contributed by atoms with E-state index in [1.165, 1.54) is 0 Å². The monoisotopic (exact) mass is 554 g/mol. The molecule has 6 atom stereocenters. The molecule has 39 heavy (non-hydrogen) atoms. The van der Waals surface area contributed by atoms with Crippen molar-refractivity contribution in [3.8, 4) is 0 Å². The fraction of sp³-hybridized carbons (Fsp3) is 0.724. The van der Waals surface area contributed by atoms with Gasteiger partial charge < -0.3 is 34.6 Å². The number of hydrogen-bond donors (Lipinski definition) is 2. The summed E-state index contributed by atoms with van der Waals surface area (Å²) in [6, 6.07) is 7.42. The summed E-state index contributed by atoms with van der Waals surface area (Å²) >= 11 is 0. The number of methoxy groups -OCH3 is 1. The first-order chi connectivity index (χ1) is 18.6. The Morgan fingerprint density at radius 3 is 2.49 bits per heavy atom. The van der Waals surface area contributed by atoms with E-state index in [1.54, 1.807) is 7.11 Å². The van der Waals surface area contributed by atoms with Gasteiger partial charge in [-0.2, -0.15) is 0 Å². The van der Waals surface area contributed by atoms with Gasteiger partial charge in [-0.25, -0.2) is 13.2 Å². The van der Waals surface area contributed by atoms with Gasteiger partial charge in [0, 0.05) is 76.1 Å². The lowest BCUT2D eigenvalue weighted by Crippen LogP contribution is -2.46. The zero-order chi connectivity index (χ0) is 28.2. The fourth-order valence-corrected chi connectivity index (χ4v) is 6.10. The predicted molar refractivity (Wildman–Crippen MR) is 146 cm³/mol. The van der Waals surface area contributed by atoms with Gasteiger partial charge in [0.1, 0.15) is 12.8 Å². The summed E-state index contributed by atoms with van der Waals surface area (Å²) in [6.07, 6.45) is 3.59. The van der Waals surface area contributed by atoms with Crippen molar-refractivity contribution < 1.29 is 27.8 Å². The minimum atomic E-state index is -2.58. The van der Waals surface area contributed by atoms with Crippen molar-refractivity contribution in [1.82, 2.24) is 15.1 Å². The molecule has 2 fully saturated rings. The minimum Gasteiger partial charge on any atom is -0.374 e. The molecule has 4 rings (SSSR count). The second-order valence-electron chi connectivity index (χ2n) is 11.2. The van der Waals surface area contributed by atoms with Crippen molar-refractivity contribution in [1.29, 1.82) is 0 Å². The average molecular weight is 555 g/mol. The van der Waals surface area contributed by atoms with Crippen molar-refractivity contribution >= 4 is 5.69 Å². The van der Waals surface area contributed by atoms with E-state index in [9.17, 15) is 18.3 Å². The van der Waals surface area contributed by atoms with E-state index in [2.05, 4.69) is 24.2 Å². The SMILES string of the molecule is CCC1NC(CCN(C)[C@H]2C[C@@H](C)O[C@@H](O)C2)=CN1[C@H](CF)[C@H](OC)c1ccc(N2CCC(F)(F)CC2)cc1. The normalized spacial score (nSPS) is 28.8. The Hall–Kier alpha value is -2.01. The van der Waals surface area contributed by atoms with Gasteiger partial charge in [0.25, 0.3) is 5.92 Å². The number of nitrogens with one attached hydrogen (secondary N) is 1. The van der Waals surface area contributed by atoms with Gasteiger partial charge >= 0.3 is 0 Å². The zero-order valence-corrected chi connectivity index (χ0v) is 23.7. The Morgan fingerprint density at radius 2 is 1.90 bits per heavy atom. The van der Waals surface area contributed by atoms with Crippen molar-refractivity contribution in [3.63, 3.8) is 0 Å². The highest BCUT2D eigenvalue weighted by Gasteiger charge is 2.36. The van der Waals surface area contributed by atoms with Crippen LogP contribution in [0.5, 0.6) is 0 Å². The van der Waals surface area contributed by atoms with Crippen LogP contribution in [0, 0.1) is 0 Å². The predicted octanol–water partition coefficient (Wildman–Crippen LogP) is 4.64. The molecule has 3 aliphatic heterocycles. The first-order valence-electron chi connectivity index (χ1n) is 14.2. The second kappa shape index (κ2) is 13.1. The lowest BCUT2D eigenvalue weighted by molar-refractivity contribution is -0.173. The summed E-state index contributed by atoms with van der Waals surface area (Å²) in [5, 5.41) is 13.5. The van der Waals surface area contributed by atoms with Crippen LogP contribution in [0.2, 0.25) is 0 Å². The number of aliphatic hydroxyl groups is 1. The van der Waals surface area contributed by atoms with E-state index in [-0.39, 0.29) is 31.2 Å². The van der Waals surface area contributed by atoms with Crippen molar-refractivity contribution in [3.05, 3.63) is 41.7 Å². The quantitative estimate of drug-likeness (QED) is 0.413. The van der Waals surface area contributed by atoms with Crippen molar-refractivity contribution in [2.45, 2.75) is 95.0 Å². The van der Waals surface area contributed by atoms with Gasteiger partial charge in [0.2, 0.25) is 0 Å². The maximum Gasteiger partial charge on any atom is 0.251 e.